The first-order chi connectivity index (χ1) is 10.9. The minimum atomic E-state index is 0.720. The van der Waals surface area contributed by atoms with Crippen molar-refractivity contribution < 1.29 is 9.53 Å². The molecule has 1 aliphatic rings. The molecular weight excluding hydrogens is 272 g/mol. The number of benzene rings is 2. The quantitative estimate of drug-likeness (QED) is 0.691. The zero-order valence-corrected chi connectivity index (χ0v) is 12.8. The molecule has 2 aromatic carbocycles. The maximum absolute atomic E-state index is 11.1. The first-order valence-electron chi connectivity index (χ1n) is 8.14. The fourth-order valence-corrected chi connectivity index (χ4v) is 3.24. The van der Waals surface area contributed by atoms with E-state index in [-0.39, 0.29) is 0 Å². The summed E-state index contributed by atoms with van der Waals surface area (Å²) in [5.41, 5.74) is 2.73. The van der Waals surface area contributed by atoms with Crippen LogP contribution in [-0.2, 0) is 0 Å². The predicted octanol–water partition coefficient (Wildman–Crippen LogP) is 5.13. The summed E-state index contributed by atoms with van der Waals surface area (Å²) in [7, 11) is 0. The van der Waals surface area contributed by atoms with Crippen LogP contribution < -0.4 is 4.74 Å². The third-order valence-corrected chi connectivity index (χ3v) is 4.52. The first kappa shape index (κ1) is 14.8. The number of ether oxygens (including phenoxy) is 1. The number of rotatable bonds is 6. The summed E-state index contributed by atoms with van der Waals surface area (Å²) < 4.78 is 5.85. The van der Waals surface area contributed by atoms with Crippen molar-refractivity contribution in [3.8, 4) is 16.9 Å². The topological polar surface area (TPSA) is 26.3 Å². The van der Waals surface area contributed by atoms with E-state index in [0.717, 1.165) is 47.7 Å². The van der Waals surface area contributed by atoms with E-state index in [4.69, 9.17) is 4.74 Å². The Balaban J connectivity index is 1.61. The van der Waals surface area contributed by atoms with E-state index >= 15 is 0 Å². The smallest absolute Gasteiger partial charge is 0.150 e. The lowest BCUT2D eigenvalue weighted by atomic mass is 10.0. The highest BCUT2D eigenvalue weighted by Gasteiger charge is 2.14. The highest BCUT2D eigenvalue weighted by molar-refractivity contribution is 5.87. The molecule has 0 unspecified atom stereocenters. The van der Waals surface area contributed by atoms with Crippen molar-refractivity contribution in [2.24, 2.45) is 5.92 Å². The Labute approximate surface area is 132 Å². The Hall–Kier alpha value is -2.09. The van der Waals surface area contributed by atoms with Gasteiger partial charge in [-0.1, -0.05) is 62.1 Å². The first-order valence-corrected chi connectivity index (χ1v) is 8.14. The third kappa shape index (κ3) is 3.56. The molecule has 2 nitrogen and oxygen atoms in total. The van der Waals surface area contributed by atoms with E-state index in [1.807, 2.05) is 48.5 Å². The average Bonchev–Trinajstić information content (AvgIpc) is 3.09. The van der Waals surface area contributed by atoms with Crippen LogP contribution in [0.2, 0.25) is 0 Å². The molecule has 1 fully saturated rings. The summed E-state index contributed by atoms with van der Waals surface area (Å²) in [6, 6.07) is 15.7. The van der Waals surface area contributed by atoms with Crippen LogP contribution in [0.4, 0.5) is 0 Å². The van der Waals surface area contributed by atoms with Crippen LogP contribution >= 0.6 is 0 Å². The summed E-state index contributed by atoms with van der Waals surface area (Å²) in [6.07, 6.45) is 7.57. The molecule has 0 N–H and O–H groups in total. The Morgan fingerprint density at radius 3 is 2.45 bits per heavy atom. The summed E-state index contributed by atoms with van der Waals surface area (Å²) in [5, 5.41) is 0. The minimum absolute atomic E-state index is 0.720. The molecule has 0 atom stereocenters. The van der Waals surface area contributed by atoms with Gasteiger partial charge in [0.15, 0.2) is 6.29 Å². The van der Waals surface area contributed by atoms with Crippen LogP contribution in [0.5, 0.6) is 5.75 Å². The van der Waals surface area contributed by atoms with Crippen LogP contribution in [0.1, 0.15) is 42.5 Å². The summed E-state index contributed by atoms with van der Waals surface area (Å²) in [4.78, 5) is 11.1. The van der Waals surface area contributed by atoms with Gasteiger partial charge in [-0.25, -0.2) is 0 Å². The maximum atomic E-state index is 11.1. The van der Waals surface area contributed by atoms with Gasteiger partial charge >= 0.3 is 0 Å². The zero-order chi connectivity index (χ0) is 15.2. The normalized spacial score (nSPS) is 14.9. The second-order valence-corrected chi connectivity index (χ2v) is 6.02. The van der Waals surface area contributed by atoms with Crippen LogP contribution in [0.15, 0.2) is 48.5 Å². The molecule has 0 spiro atoms. The van der Waals surface area contributed by atoms with Gasteiger partial charge in [0.2, 0.25) is 0 Å². The molecule has 0 aliphatic heterocycles. The minimum Gasteiger partial charge on any atom is -0.494 e. The van der Waals surface area contributed by atoms with Gasteiger partial charge in [0.05, 0.1) is 6.61 Å². The molecule has 0 aromatic heterocycles. The van der Waals surface area contributed by atoms with Gasteiger partial charge < -0.3 is 4.74 Å². The van der Waals surface area contributed by atoms with Gasteiger partial charge in [-0.3, -0.25) is 4.79 Å². The molecule has 1 saturated carbocycles. The van der Waals surface area contributed by atoms with Crippen LogP contribution in [0.25, 0.3) is 11.1 Å². The van der Waals surface area contributed by atoms with Crippen molar-refractivity contribution in [2.45, 2.75) is 32.1 Å². The third-order valence-electron chi connectivity index (χ3n) is 4.52. The van der Waals surface area contributed by atoms with Crippen molar-refractivity contribution in [2.75, 3.05) is 6.61 Å². The van der Waals surface area contributed by atoms with E-state index in [2.05, 4.69) is 0 Å². The van der Waals surface area contributed by atoms with Crippen molar-refractivity contribution in [3.05, 3.63) is 54.1 Å². The van der Waals surface area contributed by atoms with E-state index in [0.29, 0.717) is 0 Å². The Bertz CT molecular complexity index is 610. The molecular formula is C20H22O2. The molecule has 2 aromatic rings. The maximum Gasteiger partial charge on any atom is 0.150 e. The van der Waals surface area contributed by atoms with Gasteiger partial charge in [-0.05, 0) is 35.6 Å². The highest BCUT2D eigenvalue weighted by Crippen LogP contribution is 2.28. The Kier molecular flexibility index (Phi) is 4.89. The second-order valence-electron chi connectivity index (χ2n) is 6.02. The number of hydrogen-bond acceptors (Lipinski definition) is 2. The van der Waals surface area contributed by atoms with Gasteiger partial charge in [0.1, 0.15) is 5.75 Å². The van der Waals surface area contributed by atoms with Crippen molar-refractivity contribution >= 4 is 6.29 Å². The number of carbonyl (C=O) groups is 1. The fourth-order valence-electron chi connectivity index (χ4n) is 3.24. The second kappa shape index (κ2) is 7.26. The molecule has 114 valence electrons. The fraction of sp³-hybridized carbons (Fsp3) is 0.350. The largest absolute Gasteiger partial charge is 0.494 e. The van der Waals surface area contributed by atoms with Gasteiger partial charge in [0.25, 0.3) is 0 Å². The zero-order valence-electron chi connectivity index (χ0n) is 12.8. The number of hydrogen-bond donors (Lipinski definition) is 0. The summed E-state index contributed by atoms with van der Waals surface area (Å²) in [6.45, 7) is 0.801. The SMILES string of the molecule is O=Cc1ccccc1-c1ccc(OCCC2CCCC2)cc1. The van der Waals surface area contributed by atoms with E-state index < -0.39 is 0 Å². The van der Waals surface area contributed by atoms with E-state index in [9.17, 15) is 4.79 Å². The molecule has 1 aliphatic carbocycles. The predicted molar refractivity (Wildman–Crippen MR) is 89.3 cm³/mol. The molecule has 0 heterocycles. The average molecular weight is 294 g/mol. The van der Waals surface area contributed by atoms with Crippen molar-refractivity contribution in [1.82, 2.24) is 0 Å². The van der Waals surface area contributed by atoms with Crippen molar-refractivity contribution in [3.63, 3.8) is 0 Å². The lowest BCUT2D eigenvalue weighted by Gasteiger charge is -2.11. The lowest BCUT2D eigenvalue weighted by molar-refractivity contribution is 0.112. The summed E-state index contributed by atoms with van der Waals surface area (Å²) >= 11 is 0. The molecule has 22 heavy (non-hydrogen) atoms. The molecule has 0 amide bonds. The van der Waals surface area contributed by atoms with Gasteiger partial charge in [0, 0.05) is 5.56 Å². The van der Waals surface area contributed by atoms with Crippen LogP contribution in [0, 0.1) is 5.92 Å². The molecule has 3 rings (SSSR count). The number of carbonyl (C=O) groups excluding carboxylic acids is 1. The summed E-state index contributed by atoms with van der Waals surface area (Å²) in [5.74, 6) is 1.77. The molecule has 2 heteroatoms. The molecule has 0 bridgehead atoms. The molecule has 0 saturated heterocycles. The standard InChI is InChI=1S/C20H22O2/c21-15-18-7-3-4-8-20(18)17-9-11-19(12-10-17)22-14-13-16-5-1-2-6-16/h3-4,7-12,15-16H,1-2,5-6,13-14H2. The van der Waals surface area contributed by atoms with Gasteiger partial charge in [-0.15, -0.1) is 0 Å². The highest BCUT2D eigenvalue weighted by atomic mass is 16.5. The van der Waals surface area contributed by atoms with E-state index in [1.165, 1.54) is 25.7 Å². The van der Waals surface area contributed by atoms with E-state index in [1.54, 1.807) is 0 Å². The molecule has 0 radical (unpaired) electrons. The van der Waals surface area contributed by atoms with Gasteiger partial charge in [-0.2, -0.15) is 0 Å². The lowest BCUT2D eigenvalue weighted by Crippen LogP contribution is -2.03. The number of aldehydes is 1. The van der Waals surface area contributed by atoms with Crippen LogP contribution in [-0.4, -0.2) is 12.9 Å². The Morgan fingerprint density at radius 2 is 1.73 bits per heavy atom. The monoisotopic (exact) mass is 294 g/mol. The Morgan fingerprint density at radius 1 is 1.00 bits per heavy atom. The van der Waals surface area contributed by atoms with Crippen LogP contribution in [0.3, 0.4) is 0 Å². The van der Waals surface area contributed by atoms with Crippen molar-refractivity contribution in [1.29, 1.82) is 0 Å².